The first kappa shape index (κ1) is 18.6. The number of nitrogens with zero attached hydrogens (tertiary/aromatic N) is 2. The van der Waals surface area contributed by atoms with E-state index in [9.17, 15) is 0 Å². The molecule has 0 bridgehead atoms. The van der Waals surface area contributed by atoms with Gasteiger partial charge in [0.2, 0.25) is 0 Å². The summed E-state index contributed by atoms with van der Waals surface area (Å²) in [6.45, 7) is 0. The maximum Gasteiger partial charge on any atom is 0.141 e. The normalized spacial score (nSPS) is 10.6. The van der Waals surface area contributed by atoms with Crippen molar-refractivity contribution in [3.8, 4) is 0 Å². The average Bonchev–Trinajstić information content (AvgIpc) is 2.61. The minimum Gasteiger partial charge on any atom is -0.382 e. The fourth-order valence-electron chi connectivity index (χ4n) is 2.68. The largest absolute Gasteiger partial charge is 0.382 e. The lowest BCUT2D eigenvalue weighted by Crippen LogP contribution is -2.13. The van der Waals surface area contributed by atoms with E-state index in [0.717, 1.165) is 49.9 Å². The molecule has 0 atom stereocenters. The van der Waals surface area contributed by atoms with E-state index in [2.05, 4.69) is 9.97 Å². The van der Waals surface area contributed by atoms with Gasteiger partial charge in [0.25, 0.3) is 0 Å². The fourth-order valence-corrected chi connectivity index (χ4v) is 2.68. The van der Waals surface area contributed by atoms with Gasteiger partial charge in [-0.3, -0.25) is 10.8 Å². The minimum atomic E-state index is 0.0179. The summed E-state index contributed by atoms with van der Waals surface area (Å²) in [7, 11) is 0. The van der Waals surface area contributed by atoms with Crippen molar-refractivity contribution in [2.45, 2.75) is 44.9 Å². The third kappa shape index (κ3) is 6.33. The topological polar surface area (TPSA) is 126 Å². The van der Waals surface area contributed by atoms with Gasteiger partial charge in [0.05, 0.1) is 0 Å². The van der Waals surface area contributed by atoms with Crippen molar-refractivity contribution >= 4 is 11.7 Å². The Bertz CT molecular complexity index is 664. The third-order valence-electron chi connectivity index (χ3n) is 4.03. The first-order valence-corrected chi connectivity index (χ1v) is 8.67. The number of aromatic nitrogens is 2. The van der Waals surface area contributed by atoms with Gasteiger partial charge in [0.15, 0.2) is 0 Å². The van der Waals surface area contributed by atoms with Crippen molar-refractivity contribution in [1.82, 2.24) is 9.97 Å². The fraction of sp³-hybridized carbons (Fsp3) is 0.368. The summed E-state index contributed by atoms with van der Waals surface area (Å²) in [5.41, 5.74) is 14.0. The van der Waals surface area contributed by atoms with Crippen molar-refractivity contribution in [1.29, 1.82) is 10.8 Å². The second kappa shape index (κ2) is 9.52. The van der Waals surface area contributed by atoms with Crippen LogP contribution in [0, 0.1) is 10.8 Å². The molecular weight excluding hydrogens is 312 g/mol. The monoisotopic (exact) mass is 338 g/mol. The van der Waals surface area contributed by atoms with E-state index in [1.54, 1.807) is 12.1 Å². The molecule has 25 heavy (non-hydrogen) atoms. The summed E-state index contributed by atoms with van der Waals surface area (Å²) < 4.78 is 0. The van der Waals surface area contributed by atoms with Gasteiger partial charge in [-0.1, -0.05) is 31.4 Å². The van der Waals surface area contributed by atoms with Gasteiger partial charge in [-0.05, 0) is 49.9 Å². The molecule has 2 aromatic heterocycles. The smallest absolute Gasteiger partial charge is 0.141 e. The molecule has 132 valence electrons. The number of nitrogens with one attached hydrogen (secondary N) is 2. The van der Waals surface area contributed by atoms with Crippen molar-refractivity contribution in [3.05, 3.63) is 59.2 Å². The van der Waals surface area contributed by atoms with E-state index in [1.807, 2.05) is 24.3 Å². The molecule has 2 rings (SSSR count). The van der Waals surface area contributed by atoms with Gasteiger partial charge in [0.1, 0.15) is 23.1 Å². The van der Waals surface area contributed by atoms with Crippen LogP contribution in [0.25, 0.3) is 0 Å². The Labute approximate surface area is 148 Å². The molecule has 0 radical (unpaired) electrons. The molecule has 2 heterocycles. The predicted octanol–water partition coefficient (Wildman–Crippen LogP) is 2.78. The molecular formula is C19H26N6. The van der Waals surface area contributed by atoms with Gasteiger partial charge in [-0.2, -0.15) is 0 Å². The average molecular weight is 338 g/mol. The van der Waals surface area contributed by atoms with E-state index < -0.39 is 0 Å². The Morgan fingerprint density at radius 1 is 0.680 bits per heavy atom. The van der Waals surface area contributed by atoms with Gasteiger partial charge >= 0.3 is 0 Å². The molecule has 0 saturated heterocycles. The highest BCUT2D eigenvalue weighted by molar-refractivity contribution is 5.93. The maximum atomic E-state index is 7.42. The molecule has 0 unspecified atom stereocenters. The number of aryl methyl sites for hydroxylation is 2. The van der Waals surface area contributed by atoms with E-state index in [1.165, 1.54) is 6.42 Å². The van der Waals surface area contributed by atoms with Crippen LogP contribution in [0.4, 0.5) is 0 Å². The lowest BCUT2D eigenvalue weighted by Gasteiger charge is -2.05. The third-order valence-corrected chi connectivity index (χ3v) is 4.03. The number of pyridine rings is 2. The van der Waals surface area contributed by atoms with E-state index in [-0.39, 0.29) is 11.7 Å². The standard InChI is InChI=1S/C19H26N6/c20-18(21)16-12-6-10-14(24-16)8-4-2-1-3-5-9-15-11-7-13-17(25-15)19(22)23/h6-7,10-13H,1-5,8-9H2,(H3,20,21)(H3,22,23). The zero-order valence-corrected chi connectivity index (χ0v) is 14.5. The Hall–Kier alpha value is -2.76. The van der Waals surface area contributed by atoms with Crippen LogP contribution in [0.1, 0.15) is 54.9 Å². The molecule has 0 amide bonds. The molecule has 6 N–H and O–H groups in total. The van der Waals surface area contributed by atoms with Crippen molar-refractivity contribution in [3.63, 3.8) is 0 Å². The Morgan fingerprint density at radius 2 is 1.08 bits per heavy atom. The number of amidine groups is 2. The quantitative estimate of drug-likeness (QED) is 0.302. The van der Waals surface area contributed by atoms with Crippen LogP contribution in [-0.2, 0) is 12.8 Å². The van der Waals surface area contributed by atoms with Crippen molar-refractivity contribution in [2.24, 2.45) is 11.5 Å². The Balaban J connectivity index is 1.62. The summed E-state index contributed by atoms with van der Waals surface area (Å²) >= 11 is 0. The number of nitrogens with two attached hydrogens (primary N) is 2. The molecule has 0 aromatic carbocycles. The zero-order chi connectivity index (χ0) is 18.1. The maximum absolute atomic E-state index is 7.42. The molecule has 0 spiro atoms. The van der Waals surface area contributed by atoms with Gasteiger partial charge in [0, 0.05) is 11.4 Å². The van der Waals surface area contributed by atoms with Crippen LogP contribution >= 0.6 is 0 Å². The highest BCUT2D eigenvalue weighted by Gasteiger charge is 2.02. The number of nitrogen functional groups attached to an aromatic ring is 2. The molecule has 6 nitrogen and oxygen atoms in total. The summed E-state index contributed by atoms with van der Waals surface area (Å²) in [5, 5.41) is 14.8. The molecule has 6 heteroatoms. The van der Waals surface area contributed by atoms with E-state index in [0.29, 0.717) is 11.4 Å². The summed E-state index contributed by atoms with van der Waals surface area (Å²) in [6, 6.07) is 11.3. The SMILES string of the molecule is N=C(N)c1cccc(CCCCCCCc2cccc(C(=N)N)n2)n1. The molecule has 0 saturated carbocycles. The van der Waals surface area contributed by atoms with Gasteiger partial charge in [-0.15, -0.1) is 0 Å². The minimum absolute atomic E-state index is 0.0179. The number of unbranched alkanes of at least 4 members (excludes halogenated alkanes) is 4. The van der Waals surface area contributed by atoms with Crippen LogP contribution in [-0.4, -0.2) is 21.6 Å². The predicted molar refractivity (Wildman–Crippen MR) is 101 cm³/mol. The van der Waals surface area contributed by atoms with Crippen LogP contribution in [0.3, 0.4) is 0 Å². The lowest BCUT2D eigenvalue weighted by atomic mass is 10.1. The van der Waals surface area contributed by atoms with Gasteiger partial charge in [-0.25, -0.2) is 9.97 Å². The van der Waals surface area contributed by atoms with Crippen LogP contribution in [0.15, 0.2) is 36.4 Å². The highest BCUT2D eigenvalue weighted by Crippen LogP contribution is 2.10. The highest BCUT2D eigenvalue weighted by atomic mass is 14.8. The first-order chi connectivity index (χ1) is 12.1. The summed E-state index contributed by atoms with van der Waals surface area (Å²) in [6.07, 6.45) is 7.52. The first-order valence-electron chi connectivity index (χ1n) is 8.67. The van der Waals surface area contributed by atoms with Crippen LogP contribution in [0.5, 0.6) is 0 Å². The second-order valence-corrected chi connectivity index (χ2v) is 6.12. The zero-order valence-electron chi connectivity index (χ0n) is 14.5. The lowest BCUT2D eigenvalue weighted by molar-refractivity contribution is 0.607. The van der Waals surface area contributed by atoms with Crippen LogP contribution < -0.4 is 11.5 Å². The van der Waals surface area contributed by atoms with Gasteiger partial charge < -0.3 is 11.5 Å². The number of rotatable bonds is 10. The number of hydrogen-bond donors (Lipinski definition) is 4. The number of hydrogen-bond acceptors (Lipinski definition) is 4. The summed E-state index contributed by atoms with van der Waals surface area (Å²) in [5.74, 6) is 0.0357. The molecule has 0 aliphatic heterocycles. The van der Waals surface area contributed by atoms with E-state index in [4.69, 9.17) is 22.3 Å². The molecule has 0 aliphatic rings. The van der Waals surface area contributed by atoms with Crippen molar-refractivity contribution in [2.75, 3.05) is 0 Å². The molecule has 0 fully saturated rings. The second-order valence-electron chi connectivity index (χ2n) is 6.12. The summed E-state index contributed by atoms with van der Waals surface area (Å²) in [4.78, 5) is 8.77. The Morgan fingerprint density at radius 3 is 1.48 bits per heavy atom. The molecule has 0 aliphatic carbocycles. The molecule has 2 aromatic rings. The Kier molecular flexibility index (Phi) is 7.07. The van der Waals surface area contributed by atoms with Crippen molar-refractivity contribution < 1.29 is 0 Å². The van der Waals surface area contributed by atoms with Crippen LogP contribution in [0.2, 0.25) is 0 Å². The van der Waals surface area contributed by atoms with E-state index >= 15 is 0 Å².